The first-order valence-electron chi connectivity index (χ1n) is 5.96. The van der Waals surface area contributed by atoms with E-state index < -0.39 is 0 Å². The molecule has 4 heteroatoms. The number of anilines is 1. The normalized spacial score (nSPS) is 14.2. The molecule has 0 spiro atoms. The van der Waals surface area contributed by atoms with Gasteiger partial charge in [0.15, 0.2) is 0 Å². The highest BCUT2D eigenvalue weighted by atomic mass is 32.2. The zero-order valence-corrected chi connectivity index (χ0v) is 10.6. The van der Waals surface area contributed by atoms with Crippen LogP contribution < -0.4 is 5.32 Å². The average molecular weight is 251 g/mol. The van der Waals surface area contributed by atoms with E-state index in [1.807, 2.05) is 17.8 Å². The number of aryl methyl sites for hydroxylation is 1. The van der Waals surface area contributed by atoms with Crippen LogP contribution >= 0.6 is 11.8 Å². The van der Waals surface area contributed by atoms with Crippen LogP contribution in [0.5, 0.6) is 0 Å². The predicted molar refractivity (Wildman–Crippen MR) is 70.4 cm³/mol. The van der Waals surface area contributed by atoms with Crippen LogP contribution in [-0.4, -0.2) is 23.4 Å². The van der Waals surface area contributed by atoms with Gasteiger partial charge in [-0.1, -0.05) is 0 Å². The highest BCUT2D eigenvalue weighted by Gasteiger charge is 2.10. The number of carbonyl (C=O) groups excluding carboxylic acids is 1. The summed E-state index contributed by atoms with van der Waals surface area (Å²) in [6.45, 7) is 0.0637. The molecule has 1 aromatic rings. The fraction of sp³-hybridized carbons (Fsp3) is 0.462. The SMILES string of the molecule is O=C(CCCO)Nc1ccc2c(c1)CCCS2. The first-order chi connectivity index (χ1) is 8.29. The fourth-order valence-corrected chi connectivity index (χ4v) is 2.92. The summed E-state index contributed by atoms with van der Waals surface area (Å²) in [6.07, 6.45) is 3.21. The van der Waals surface area contributed by atoms with Gasteiger partial charge in [-0.15, -0.1) is 11.8 Å². The van der Waals surface area contributed by atoms with Gasteiger partial charge in [0.25, 0.3) is 0 Å². The Morgan fingerprint density at radius 1 is 1.47 bits per heavy atom. The van der Waals surface area contributed by atoms with Crippen molar-refractivity contribution in [2.45, 2.75) is 30.6 Å². The van der Waals surface area contributed by atoms with E-state index >= 15 is 0 Å². The molecule has 17 heavy (non-hydrogen) atoms. The maximum atomic E-state index is 11.5. The minimum Gasteiger partial charge on any atom is -0.396 e. The Hall–Kier alpha value is -1.00. The van der Waals surface area contributed by atoms with Gasteiger partial charge in [0.2, 0.25) is 5.91 Å². The van der Waals surface area contributed by atoms with Crippen molar-refractivity contribution in [1.29, 1.82) is 0 Å². The van der Waals surface area contributed by atoms with E-state index in [0.29, 0.717) is 12.8 Å². The maximum Gasteiger partial charge on any atom is 0.224 e. The smallest absolute Gasteiger partial charge is 0.224 e. The molecule has 0 bridgehead atoms. The van der Waals surface area contributed by atoms with Gasteiger partial charge in [-0.3, -0.25) is 4.79 Å². The van der Waals surface area contributed by atoms with Crippen molar-refractivity contribution in [3.8, 4) is 0 Å². The Morgan fingerprint density at radius 2 is 2.35 bits per heavy atom. The zero-order valence-electron chi connectivity index (χ0n) is 9.74. The van der Waals surface area contributed by atoms with Crippen LogP contribution in [0.1, 0.15) is 24.8 Å². The van der Waals surface area contributed by atoms with Crippen molar-refractivity contribution in [3.05, 3.63) is 23.8 Å². The third-order valence-electron chi connectivity index (χ3n) is 2.75. The minimum atomic E-state index is -0.0255. The molecule has 2 rings (SSSR count). The summed E-state index contributed by atoms with van der Waals surface area (Å²) < 4.78 is 0. The van der Waals surface area contributed by atoms with Gasteiger partial charge < -0.3 is 10.4 Å². The molecule has 1 aliphatic rings. The summed E-state index contributed by atoms with van der Waals surface area (Å²) >= 11 is 1.88. The van der Waals surface area contributed by atoms with Crippen LogP contribution in [0.15, 0.2) is 23.1 Å². The number of hydrogen-bond donors (Lipinski definition) is 2. The number of amides is 1. The first kappa shape index (κ1) is 12.5. The molecule has 1 aromatic carbocycles. The standard InChI is InChI=1S/C13H17NO2S/c15-7-1-4-13(16)14-11-5-6-12-10(9-11)3-2-8-17-12/h5-6,9,15H,1-4,7-8H2,(H,14,16). The molecule has 0 atom stereocenters. The zero-order chi connectivity index (χ0) is 12.1. The largest absolute Gasteiger partial charge is 0.396 e. The molecule has 92 valence electrons. The summed E-state index contributed by atoms with van der Waals surface area (Å²) in [7, 11) is 0. The number of benzene rings is 1. The lowest BCUT2D eigenvalue weighted by Crippen LogP contribution is -2.12. The molecule has 2 N–H and O–H groups in total. The van der Waals surface area contributed by atoms with E-state index in [0.717, 1.165) is 12.1 Å². The van der Waals surface area contributed by atoms with Gasteiger partial charge >= 0.3 is 0 Å². The Morgan fingerprint density at radius 3 is 3.18 bits per heavy atom. The van der Waals surface area contributed by atoms with Crippen LogP contribution in [0, 0.1) is 0 Å². The number of aliphatic hydroxyl groups excluding tert-OH is 1. The fourth-order valence-electron chi connectivity index (χ4n) is 1.90. The van der Waals surface area contributed by atoms with Gasteiger partial charge in [0, 0.05) is 23.6 Å². The van der Waals surface area contributed by atoms with Gasteiger partial charge in [0.05, 0.1) is 0 Å². The number of nitrogens with one attached hydrogen (secondary N) is 1. The Balaban J connectivity index is 1.99. The number of aliphatic hydroxyl groups is 1. The van der Waals surface area contributed by atoms with Crippen LogP contribution in [-0.2, 0) is 11.2 Å². The molecule has 0 saturated heterocycles. The van der Waals surface area contributed by atoms with Crippen LogP contribution in [0.25, 0.3) is 0 Å². The van der Waals surface area contributed by atoms with E-state index in [-0.39, 0.29) is 12.5 Å². The molecular formula is C13H17NO2S. The van der Waals surface area contributed by atoms with E-state index in [1.54, 1.807) is 0 Å². The minimum absolute atomic E-state index is 0.0255. The lowest BCUT2D eigenvalue weighted by Gasteiger charge is -2.16. The van der Waals surface area contributed by atoms with E-state index in [2.05, 4.69) is 17.4 Å². The van der Waals surface area contributed by atoms with Crippen molar-refractivity contribution in [1.82, 2.24) is 0 Å². The van der Waals surface area contributed by atoms with Crippen molar-refractivity contribution in [2.75, 3.05) is 17.7 Å². The van der Waals surface area contributed by atoms with Crippen molar-refractivity contribution in [3.63, 3.8) is 0 Å². The molecule has 1 heterocycles. The van der Waals surface area contributed by atoms with Gasteiger partial charge in [-0.25, -0.2) is 0 Å². The molecule has 0 saturated carbocycles. The third-order valence-corrected chi connectivity index (χ3v) is 3.96. The second kappa shape index (κ2) is 6.07. The molecule has 1 amide bonds. The predicted octanol–water partition coefficient (Wildman–Crippen LogP) is 2.44. The highest BCUT2D eigenvalue weighted by molar-refractivity contribution is 7.99. The van der Waals surface area contributed by atoms with Gasteiger partial charge in [-0.2, -0.15) is 0 Å². The van der Waals surface area contributed by atoms with Gasteiger partial charge in [-0.05, 0) is 48.8 Å². The quantitative estimate of drug-likeness (QED) is 0.864. The lowest BCUT2D eigenvalue weighted by atomic mass is 10.1. The topological polar surface area (TPSA) is 49.3 Å². The number of carbonyl (C=O) groups is 1. The Labute approximate surface area is 106 Å². The van der Waals surface area contributed by atoms with Gasteiger partial charge in [0.1, 0.15) is 0 Å². The van der Waals surface area contributed by atoms with E-state index in [4.69, 9.17) is 5.11 Å². The Bertz CT molecular complexity index is 406. The second-order valence-electron chi connectivity index (χ2n) is 4.15. The Kier molecular flexibility index (Phi) is 4.45. The van der Waals surface area contributed by atoms with Crippen LogP contribution in [0.4, 0.5) is 5.69 Å². The highest BCUT2D eigenvalue weighted by Crippen LogP contribution is 2.31. The van der Waals surface area contributed by atoms with Crippen LogP contribution in [0.2, 0.25) is 0 Å². The number of fused-ring (bicyclic) bond motifs is 1. The number of thioether (sulfide) groups is 1. The summed E-state index contributed by atoms with van der Waals surface area (Å²) in [5, 5.41) is 11.5. The molecular weight excluding hydrogens is 234 g/mol. The number of hydrogen-bond acceptors (Lipinski definition) is 3. The molecule has 0 aliphatic carbocycles. The van der Waals surface area contributed by atoms with Crippen molar-refractivity contribution in [2.24, 2.45) is 0 Å². The van der Waals surface area contributed by atoms with Crippen LogP contribution in [0.3, 0.4) is 0 Å². The summed E-state index contributed by atoms with van der Waals surface area (Å²) in [5.41, 5.74) is 2.20. The first-order valence-corrected chi connectivity index (χ1v) is 6.94. The third kappa shape index (κ3) is 3.48. The lowest BCUT2D eigenvalue weighted by molar-refractivity contribution is -0.116. The summed E-state index contributed by atoms with van der Waals surface area (Å²) in [5.74, 6) is 1.16. The monoisotopic (exact) mass is 251 g/mol. The molecule has 0 fully saturated rings. The average Bonchev–Trinajstić information content (AvgIpc) is 2.36. The van der Waals surface area contributed by atoms with Crippen molar-refractivity contribution < 1.29 is 9.90 Å². The van der Waals surface area contributed by atoms with E-state index in [9.17, 15) is 4.79 Å². The maximum absolute atomic E-state index is 11.5. The molecule has 1 aliphatic heterocycles. The molecule has 0 unspecified atom stereocenters. The summed E-state index contributed by atoms with van der Waals surface area (Å²) in [4.78, 5) is 12.8. The summed E-state index contributed by atoms with van der Waals surface area (Å²) in [6, 6.07) is 6.10. The van der Waals surface area contributed by atoms with E-state index in [1.165, 1.54) is 22.6 Å². The molecule has 0 radical (unpaired) electrons. The second-order valence-corrected chi connectivity index (χ2v) is 5.29. The number of rotatable bonds is 4. The molecule has 0 aromatic heterocycles. The van der Waals surface area contributed by atoms with Crippen molar-refractivity contribution >= 4 is 23.4 Å². The molecule has 3 nitrogen and oxygen atoms in total.